The zero-order valence-corrected chi connectivity index (χ0v) is 17.1. The fourth-order valence-electron chi connectivity index (χ4n) is 3.90. The molecular formula is C25H19NO6. The van der Waals surface area contributed by atoms with Crippen LogP contribution in [-0.4, -0.2) is 35.7 Å². The monoisotopic (exact) mass is 429 g/mol. The number of Topliss-reactive ketones (excluding diaryl/α,β-unsaturated/α-hetero) is 2. The van der Waals surface area contributed by atoms with Gasteiger partial charge in [0.2, 0.25) is 5.78 Å². The van der Waals surface area contributed by atoms with Crippen LogP contribution in [0.3, 0.4) is 0 Å². The van der Waals surface area contributed by atoms with Crippen LogP contribution in [0.1, 0.15) is 32.3 Å². The number of ketones is 2. The summed E-state index contributed by atoms with van der Waals surface area (Å²) in [6.07, 6.45) is 0. The predicted molar refractivity (Wildman–Crippen MR) is 116 cm³/mol. The van der Waals surface area contributed by atoms with Gasteiger partial charge in [0.25, 0.3) is 5.91 Å². The van der Waals surface area contributed by atoms with Crippen LogP contribution in [0.15, 0.2) is 78.9 Å². The third-order valence-corrected chi connectivity index (χ3v) is 5.50. The normalized spacial score (nSPS) is 18.0. The number of hydrogen-bond acceptors (Lipinski definition) is 5. The van der Waals surface area contributed by atoms with Gasteiger partial charge in [-0.1, -0.05) is 30.3 Å². The van der Waals surface area contributed by atoms with E-state index in [1.54, 1.807) is 54.6 Å². The molecule has 0 spiro atoms. The smallest absolute Gasteiger partial charge is 0.335 e. The van der Waals surface area contributed by atoms with Crippen LogP contribution in [0.25, 0.3) is 0 Å². The summed E-state index contributed by atoms with van der Waals surface area (Å²) >= 11 is 0. The minimum Gasteiger partial charge on any atom is -0.497 e. The van der Waals surface area contributed by atoms with E-state index in [2.05, 4.69) is 0 Å². The predicted octanol–water partition coefficient (Wildman–Crippen LogP) is 3.55. The Morgan fingerprint density at radius 2 is 1.44 bits per heavy atom. The minimum atomic E-state index is -1.24. The lowest BCUT2D eigenvalue weighted by molar-refractivity contribution is -0.135. The Hall–Kier alpha value is -4.26. The summed E-state index contributed by atoms with van der Waals surface area (Å²) in [6.45, 7) is 0. The van der Waals surface area contributed by atoms with Crippen molar-refractivity contribution >= 4 is 29.1 Å². The Morgan fingerprint density at radius 3 is 2.00 bits per heavy atom. The molecule has 0 saturated carbocycles. The summed E-state index contributed by atoms with van der Waals surface area (Å²) in [5.74, 6) is -3.86. The number of nitrogens with zero attached hydrogens (tertiary/aromatic N) is 1. The van der Waals surface area contributed by atoms with Gasteiger partial charge in [0.15, 0.2) is 5.78 Å². The molecule has 1 aliphatic heterocycles. The Kier molecular flexibility index (Phi) is 5.55. The van der Waals surface area contributed by atoms with Gasteiger partial charge in [-0.25, -0.2) is 4.79 Å². The third-order valence-electron chi connectivity index (χ3n) is 5.50. The molecule has 0 radical (unpaired) electrons. The maximum atomic E-state index is 13.4. The molecule has 3 aromatic carbocycles. The summed E-state index contributed by atoms with van der Waals surface area (Å²) in [4.78, 5) is 52.0. The molecule has 0 aliphatic carbocycles. The summed E-state index contributed by atoms with van der Waals surface area (Å²) < 4.78 is 5.12. The van der Waals surface area contributed by atoms with Gasteiger partial charge in [-0.2, -0.15) is 0 Å². The van der Waals surface area contributed by atoms with Gasteiger partial charge in [-0.15, -0.1) is 0 Å². The minimum absolute atomic E-state index is 0.0499. The Labute approximate surface area is 183 Å². The number of carbonyl (C=O) groups is 4. The average Bonchev–Trinajstić information content (AvgIpc) is 3.09. The molecule has 7 heteroatoms. The number of methoxy groups -OCH3 is 1. The number of benzene rings is 3. The summed E-state index contributed by atoms with van der Waals surface area (Å²) in [7, 11) is 1.51. The zero-order chi connectivity index (χ0) is 22.8. The van der Waals surface area contributed by atoms with E-state index >= 15 is 0 Å². The first-order valence-electron chi connectivity index (χ1n) is 9.86. The van der Waals surface area contributed by atoms with Crippen LogP contribution in [0.5, 0.6) is 5.75 Å². The fourth-order valence-corrected chi connectivity index (χ4v) is 3.90. The molecule has 0 aromatic heterocycles. The van der Waals surface area contributed by atoms with Crippen molar-refractivity contribution in [3.05, 3.63) is 95.6 Å². The summed E-state index contributed by atoms with van der Waals surface area (Å²) in [5, 5.41) is 9.16. The molecule has 7 nitrogen and oxygen atoms in total. The van der Waals surface area contributed by atoms with Gasteiger partial charge in [0, 0.05) is 11.3 Å². The highest BCUT2D eigenvalue weighted by molar-refractivity contribution is 6.49. The third kappa shape index (κ3) is 3.65. The first kappa shape index (κ1) is 21.0. The number of carboxylic acid groups (broad SMARTS) is 1. The van der Waals surface area contributed by atoms with Gasteiger partial charge in [0.05, 0.1) is 18.7 Å². The second kappa shape index (κ2) is 8.47. The highest BCUT2D eigenvalue weighted by atomic mass is 16.5. The largest absolute Gasteiger partial charge is 0.497 e. The number of ether oxygens (including phenoxy) is 1. The molecule has 4 rings (SSSR count). The summed E-state index contributed by atoms with van der Waals surface area (Å²) in [5.41, 5.74) is 1.31. The second-order valence-corrected chi connectivity index (χ2v) is 7.32. The number of carbonyl (C=O) groups excluding carboxylic acids is 3. The lowest BCUT2D eigenvalue weighted by Crippen LogP contribution is -2.30. The first-order valence-corrected chi connectivity index (χ1v) is 9.86. The molecule has 1 saturated heterocycles. The van der Waals surface area contributed by atoms with Crippen molar-refractivity contribution in [3.8, 4) is 5.75 Å². The SMILES string of the molecule is COc1ccc(C(=O)C2C(=O)C(=O)N(c3ccc(C(=O)O)cc3)C2c2ccccc2)cc1. The van der Waals surface area contributed by atoms with Crippen LogP contribution in [0.2, 0.25) is 0 Å². The Balaban J connectivity index is 1.80. The van der Waals surface area contributed by atoms with Crippen molar-refractivity contribution in [2.75, 3.05) is 12.0 Å². The lowest BCUT2D eigenvalue weighted by Gasteiger charge is -2.27. The molecule has 0 bridgehead atoms. The fraction of sp³-hybridized carbons (Fsp3) is 0.120. The van der Waals surface area contributed by atoms with Crippen LogP contribution >= 0.6 is 0 Å². The molecule has 1 heterocycles. The lowest BCUT2D eigenvalue weighted by atomic mass is 9.86. The molecule has 1 aliphatic rings. The summed E-state index contributed by atoms with van der Waals surface area (Å²) in [6, 6.07) is 20.0. The maximum Gasteiger partial charge on any atom is 0.335 e. The molecule has 2 atom stereocenters. The van der Waals surface area contributed by atoms with Crippen LogP contribution in [0, 0.1) is 5.92 Å². The van der Waals surface area contributed by atoms with Crippen molar-refractivity contribution in [2.24, 2.45) is 5.92 Å². The van der Waals surface area contributed by atoms with E-state index in [1.165, 1.54) is 36.3 Å². The van der Waals surface area contributed by atoms with Crippen molar-refractivity contribution in [3.63, 3.8) is 0 Å². The first-order chi connectivity index (χ1) is 15.4. The number of aromatic carboxylic acids is 1. The number of carboxylic acids is 1. The van der Waals surface area contributed by atoms with Gasteiger partial charge in [-0.3, -0.25) is 19.3 Å². The quantitative estimate of drug-likeness (QED) is 0.365. The molecule has 2 unspecified atom stereocenters. The van der Waals surface area contributed by atoms with E-state index in [0.717, 1.165) is 0 Å². The van der Waals surface area contributed by atoms with E-state index < -0.39 is 35.4 Å². The van der Waals surface area contributed by atoms with Gasteiger partial charge >= 0.3 is 5.97 Å². The van der Waals surface area contributed by atoms with E-state index in [0.29, 0.717) is 22.6 Å². The highest BCUT2D eigenvalue weighted by Gasteiger charge is 2.52. The van der Waals surface area contributed by atoms with Gasteiger partial charge in [-0.05, 0) is 54.1 Å². The Bertz CT molecular complexity index is 1190. The maximum absolute atomic E-state index is 13.4. The van der Waals surface area contributed by atoms with Crippen molar-refractivity contribution in [1.29, 1.82) is 0 Å². The number of amides is 1. The zero-order valence-electron chi connectivity index (χ0n) is 17.1. The molecule has 1 N–H and O–H groups in total. The number of hydrogen-bond donors (Lipinski definition) is 1. The molecule has 3 aromatic rings. The number of anilines is 1. The van der Waals surface area contributed by atoms with E-state index in [1.807, 2.05) is 0 Å². The van der Waals surface area contributed by atoms with Crippen LogP contribution in [-0.2, 0) is 9.59 Å². The topological polar surface area (TPSA) is 101 Å². The molecule has 32 heavy (non-hydrogen) atoms. The number of rotatable bonds is 6. The molecule has 160 valence electrons. The van der Waals surface area contributed by atoms with E-state index in [-0.39, 0.29) is 5.56 Å². The van der Waals surface area contributed by atoms with Crippen molar-refractivity contribution in [2.45, 2.75) is 6.04 Å². The average molecular weight is 429 g/mol. The van der Waals surface area contributed by atoms with E-state index in [4.69, 9.17) is 9.84 Å². The molecule has 1 fully saturated rings. The van der Waals surface area contributed by atoms with Crippen molar-refractivity contribution in [1.82, 2.24) is 0 Å². The van der Waals surface area contributed by atoms with Gasteiger partial charge < -0.3 is 9.84 Å². The van der Waals surface area contributed by atoms with Crippen LogP contribution in [0.4, 0.5) is 5.69 Å². The van der Waals surface area contributed by atoms with E-state index in [9.17, 15) is 19.2 Å². The standard InChI is InChI=1S/C25H19NO6/c1-32-19-13-9-16(10-14-19)22(27)20-21(15-5-3-2-4-6-15)26(24(29)23(20)28)18-11-7-17(8-12-18)25(30)31/h2-14,20-21H,1H3,(H,30,31). The molecular weight excluding hydrogens is 410 g/mol. The second-order valence-electron chi connectivity index (χ2n) is 7.32. The van der Waals surface area contributed by atoms with Crippen molar-refractivity contribution < 1.29 is 29.0 Å². The molecule has 1 amide bonds. The van der Waals surface area contributed by atoms with Crippen LogP contribution < -0.4 is 9.64 Å². The van der Waals surface area contributed by atoms with Gasteiger partial charge in [0.1, 0.15) is 11.7 Å². The Morgan fingerprint density at radius 1 is 0.844 bits per heavy atom. The highest BCUT2D eigenvalue weighted by Crippen LogP contribution is 2.41.